The number of rotatable bonds is 6. The number of aromatic nitrogens is 4. The van der Waals surface area contributed by atoms with E-state index in [1.807, 2.05) is 24.0 Å². The van der Waals surface area contributed by atoms with Crippen LogP contribution >= 0.6 is 11.6 Å². The predicted octanol–water partition coefficient (Wildman–Crippen LogP) is 3.13. The summed E-state index contributed by atoms with van der Waals surface area (Å²) in [6, 6.07) is 2.50. The molecule has 2 rings (SSSR count). The number of hydrogen-bond acceptors (Lipinski definition) is 3. The fourth-order valence-electron chi connectivity index (χ4n) is 2.38. The minimum absolute atomic E-state index is 0.276. The second kappa shape index (κ2) is 6.62. The maximum Gasteiger partial charge on any atom is 0.131 e. The van der Waals surface area contributed by atoms with Crippen LogP contribution in [0.15, 0.2) is 18.5 Å². The van der Waals surface area contributed by atoms with E-state index < -0.39 is 0 Å². The molecule has 0 fully saturated rings. The summed E-state index contributed by atoms with van der Waals surface area (Å²) in [6.07, 6.45) is 3.79. The van der Waals surface area contributed by atoms with Gasteiger partial charge in [0.2, 0.25) is 0 Å². The molecule has 0 saturated carbocycles. The maximum atomic E-state index is 6.36. The topological polar surface area (TPSA) is 47.7 Å². The van der Waals surface area contributed by atoms with Crippen molar-refractivity contribution in [1.82, 2.24) is 24.9 Å². The van der Waals surface area contributed by atoms with Crippen molar-refractivity contribution in [2.75, 3.05) is 0 Å². The van der Waals surface area contributed by atoms with E-state index in [4.69, 9.17) is 11.6 Å². The summed E-state index contributed by atoms with van der Waals surface area (Å²) < 4.78 is 3.71. The normalized spacial score (nSPS) is 14.6. The Balaban J connectivity index is 2.06. The molecule has 0 aliphatic carbocycles. The Morgan fingerprint density at radius 1 is 1.29 bits per heavy atom. The molecule has 0 aliphatic heterocycles. The number of hydrogen-bond donors (Lipinski definition) is 1. The van der Waals surface area contributed by atoms with Gasteiger partial charge in [0, 0.05) is 37.6 Å². The summed E-state index contributed by atoms with van der Waals surface area (Å²) in [5.41, 5.74) is 2.16. The summed E-state index contributed by atoms with van der Waals surface area (Å²) in [7, 11) is 1.88. The van der Waals surface area contributed by atoms with Gasteiger partial charge >= 0.3 is 0 Å². The van der Waals surface area contributed by atoms with Crippen molar-refractivity contribution in [3.8, 4) is 0 Å². The average Bonchev–Trinajstić information content (AvgIpc) is 3.06. The molecule has 0 unspecified atom stereocenters. The summed E-state index contributed by atoms with van der Waals surface area (Å²) in [5.74, 6) is 0.361. The molecule has 0 spiro atoms. The van der Waals surface area contributed by atoms with Gasteiger partial charge in [-0.25, -0.2) is 0 Å². The third-order valence-corrected chi connectivity index (χ3v) is 4.39. The van der Waals surface area contributed by atoms with Gasteiger partial charge in [0.25, 0.3) is 0 Å². The minimum Gasteiger partial charge on any atom is -0.308 e. The van der Waals surface area contributed by atoms with Gasteiger partial charge in [-0.2, -0.15) is 10.2 Å². The highest BCUT2D eigenvalue weighted by atomic mass is 35.5. The lowest BCUT2D eigenvalue weighted by molar-refractivity contribution is 0.364. The number of nitrogens with one attached hydrogen (secondary N) is 1. The molecular weight excluding hydrogens is 286 g/mol. The molecule has 0 aliphatic rings. The maximum absolute atomic E-state index is 6.36. The Labute approximate surface area is 131 Å². The molecule has 21 heavy (non-hydrogen) atoms. The first-order chi connectivity index (χ1) is 9.91. The first-order valence-corrected chi connectivity index (χ1v) is 7.73. The zero-order valence-electron chi connectivity index (χ0n) is 13.3. The van der Waals surface area contributed by atoms with Crippen LogP contribution in [0.5, 0.6) is 0 Å². The van der Waals surface area contributed by atoms with Gasteiger partial charge in [-0.05, 0) is 25.8 Å². The Morgan fingerprint density at radius 2 is 2.00 bits per heavy atom. The molecule has 1 N–H and O–H groups in total. The monoisotopic (exact) mass is 309 g/mol. The van der Waals surface area contributed by atoms with E-state index in [9.17, 15) is 0 Å². The van der Waals surface area contributed by atoms with E-state index in [1.165, 1.54) is 0 Å². The van der Waals surface area contributed by atoms with Crippen LogP contribution < -0.4 is 5.32 Å². The molecule has 0 bridgehead atoms. The van der Waals surface area contributed by atoms with Crippen molar-refractivity contribution in [1.29, 1.82) is 0 Å². The highest BCUT2D eigenvalue weighted by Gasteiger charge is 2.19. The first kappa shape index (κ1) is 16.0. The van der Waals surface area contributed by atoms with Crippen molar-refractivity contribution in [3.63, 3.8) is 0 Å². The molecule has 0 saturated heterocycles. The van der Waals surface area contributed by atoms with Gasteiger partial charge in [-0.1, -0.05) is 25.4 Å². The van der Waals surface area contributed by atoms with E-state index >= 15 is 0 Å². The number of halogens is 1. The van der Waals surface area contributed by atoms with E-state index in [-0.39, 0.29) is 12.1 Å². The Morgan fingerprint density at radius 3 is 2.57 bits per heavy atom. The Hall–Kier alpha value is -1.33. The summed E-state index contributed by atoms with van der Waals surface area (Å²) in [6.45, 7) is 9.30. The Bertz CT molecular complexity index is 573. The van der Waals surface area contributed by atoms with E-state index in [2.05, 4.69) is 43.2 Å². The van der Waals surface area contributed by atoms with Gasteiger partial charge in [0.05, 0.1) is 11.7 Å². The summed E-state index contributed by atoms with van der Waals surface area (Å²) in [4.78, 5) is 0. The second-order valence-corrected chi connectivity index (χ2v) is 6.19. The lowest BCUT2D eigenvalue weighted by Gasteiger charge is -2.22. The molecule has 2 heterocycles. The molecule has 0 amide bonds. The lowest BCUT2D eigenvalue weighted by Crippen LogP contribution is -2.33. The van der Waals surface area contributed by atoms with E-state index in [0.29, 0.717) is 17.6 Å². The van der Waals surface area contributed by atoms with Crippen LogP contribution in [0.3, 0.4) is 0 Å². The van der Waals surface area contributed by atoms with Crippen LogP contribution in [0.25, 0.3) is 0 Å². The zero-order chi connectivity index (χ0) is 15.6. The molecule has 2 aromatic heterocycles. The number of aryl methyl sites for hydroxylation is 1. The average molecular weight is 310 g/mol. The molecule has 2 atom stereocenters. The fraction of sp³-hybridized carbons (Fsp3) is 0.600. The third kappa shape index (κ3) is 3.47. The highest BCUT2D eigenvalue weighted by Crippen LogP contribution is 2.25. The quantitative estimate of drug-likeness (QED) is 0.892. The standard InChI is InChI=1S/C15H24ClN5/c1-10(2)14-13(15(16)20(5)19-14)9-17-11(3)12(4)21-8-6-7-18-21/h6-8,10-12,17H,9H2,1-5H3/t11-,12-/m1/s1. The van der Waals surface area contributed by atoms with Crippen LogP contribution in [-0.4, -0.2) is 25.6 Å². The van der Waals surface area contributed by atoms with Gasteiger partial charge < -0.3 is 5.32 Å². The van der Waals surface area contributed by atoms with Gasteiger partial charge in [0.15, 0.2) is 0 Å². The van der Waals surface area contributed by atoms with Crippen molar-refractivity contribution < 1.29 is 0 Å². The van der Waals surface area contributed by atoms with Gasteiger partial charge in [-0.3, -0.25) is 9.36 Å². The first-order valence-electron chi connectivity index (χ1n) is 7.35. The summed E-state index contributed by atoms with van der Waals surface area (Å²) in [5, 5.41) is 13.1. The van der Waals surface area contributed by atoms with Crippen LogP contribution in [0, 0.1) is 0 Å². The fourth-order valence-corrected chi connectivity index (χ4v) is 2.58. The zero-order valence-corrected chi connectivity index (χ0v) is 14.1. The molecule has 5 nitrogen and oxygen atoms in total. The summed E-state index contributed by atoms with van der Waals surface area (Å²) >= 11 is 6.36. The van der Waals surface area contributed by atoms with Gasteiger partial charge in [-0.15, -0.1) is 0 Å². The lowest BCUT2D eigenvalue weighted by atomic mass is 10.1. The van der Waals surface area contributed by atoms with Crippen LogP contribution in [-0.2, 0) is 13.6 Å². The van der Waals surface area contributed by atoms with Crippen LogP contribution in [0.1, 0.15) is 50.9 Å². The van der Waals surface area contributed by atoms with Crippen molar-refractivity contribution >= 4 is 11.6 Å². The van der Waals surface area contributed by atoms with Gasteiger partial charge in [0.1, 0.15) is 5.15 Å². The van der Waals surface area contributed by atoms with Crippen LogP contribution in [0.2, 0.25) is 5.15 Å². The van der Waals surface area contributed by atoms with Crippen LogP contribution in [0.4, 0.5) is 0 Å². The Kier molecular flexibility index (Phi) is 5.06. The molecule has 116 valence electrons. The molecule has 6 heteroatoms. The van der Waals surface area contributed by atoms with Crippen molar-refractivity contribution in [2.24, 2.45) is 7.05 Å². The predicted molar refractivity (Wildman–Crippen MR) is 85.5 cm³/mol. The smallest absolute Gasteiger partial charge is 0.131 e. The highest BCUT2D eigenvalue weighted by molar-refractivity contribution is 6.30. The van der Waals surface area contributed by atoms with Crippen molar-refractivity contribution in [3.05, 3.63) is 34.9 Å². The van der Waals surface area contributed by atoms with Crippen molar-refractivity contribution in [2.45, 2.75) is 52.2 Å². The van der Waals surface area contributed by atoms with E-state index in [1.54, 1.807) is 10.9 Å². The molecular formula is C15H24ClN5. The van der Waals surface area contributed by atoms with E-state index in [0.717, 1.165) is 11.3 Å². The molecule has 0 aromatic carbocycles. The largest absolute Gasteiger partial charge is 0.308 e. The molecule has 0 radical (unpaired) electrons. The number of nitrogens with zero attached hydrogens (tertiary/aromatic N) is 4. The molecule has 2 aromatic rings. The SMILES string of the molecule is CC(C)c1nn(C)c(Cl)c1CN[C@H](C)[C@@H](C)n1cccn1. The third-order valence-electron chi connectivity index (χ3n) is 3.91. The second-order valence-electron chi connectivity index (χ2n) is 5.83. The minimum atomic E-state index is 0.276.